The number of ether oxygens (including phenoxy) is 1. The van der Waals surface area contributed by atoms with Crippen LogP contribution in [0.1, 0.15) is 33.9 Å². The molecule has 2 amide bonds. The minimum atomic E-state index is -4.58. The molecule has 3 fully saturated rings. The Kier molecular flexibility index (Phi) is 6.59. The number of imide groups is 1. The van der Waals surface area contributed by atoms with Crippen LogP contribution in [0.3, 0.4) is 0 Å². The smallest absolute Gasteiger partial charge is 0.416 e. The Labute approximate surface area is 264 Å². The molecule has 44 heavy (non-hydrogen) atoms. The van der Waals surface area contributed by atoms with Gasteiger partial charge in [-0.3, -0.25) is 14.5 Å². The number of anilines is 1. The van der Waals surface area contributed by atoms with E-state index < -0.39 is 23.6 Å². The number of hydrogen-bond acceptors (Lipinski definition) is 6. The van der Waals surface area contributed by atoms with Gasteiger partial charge >= 0.3 is 6.18 Å². The highest BCUT2D eigenvalue weighted by Gasteiger charge is 2.69. The van der Waals surface area contributed by atoms with E-state index in [1.54, 1.807) is 23.1 Å². The maximum atomic E-state index is 14.0. The normalized spacial score (nSPS) is 28.6. The van der Waals surface area contributed by atoms with E-state index in [1.807, 2.05) is 42.5 Å². The van der Waals surface area contributed by atoms with E-state index in [-0.39, 0.29) is 46.4 Å². The fourth-order valence-electron chi connectivity index (χ4n) is 8.00. The maximum Gasteiger partial charge on any atom is 0.416 e. The number of aromatic amines is 1. The van der Waals surface area contributed by atoms with Crippen LogP contribution in [0.2, 0.25) is 0 Å². The number of nitrogens with one attached hydrogen (secondary N) is 1. The molecule has 7 atom stereocenters. The number of halogens is 3. The summed E-state index contributed by atoms with van der Waals surface area (Å²) in [5.74, 6) is -1.29. The lowest BCUT2D eigenvalue weighted by Gasteiger charge is -2.43. The number of thiazole rings is 1. The topological polar surface area (TPSA) is 62.4 Å². The molecule has 5 nitrogen and oxygen atoms in total. The predicted octanol–water partition coefficient (Wildman–Crippen LogP) is 8.08. The van der Waals surface area contributed by atoms with Crippen molar-refractivity contribution in [2.24, 2.45) is 29.6 Å². The standard InChI is InChI=1S/C33H25F3N2O3S3/c34-33(35,36)18-9-5-10-19(13-18)38-30(39)25-21-14-22(26(25)31(38)40)27-24(21)23(28-29(43-27)37-32(42)44-28)17-8-4-11-20(12-17)41-15-16-6-2-1-3-7-16/h1-13,21-27H,14-15H2,(H,37,42). The van der Waals surface area contributed by atoms with Gasteiger partial charge in [0.1, 0.15) is 12.4 Å². The highest BCUT2D eigenvalue weighted by molar-refractivity contribution is 8.00. The van der Waals surface area contributed by atoms with E-state index in [0.29, 0.717) is 10.6 Å². The third-order valence-corrected chi connectivity index (χ3v) is 12.6. The number of carbonyl (C=O) groups is 2. The Bertz CT molecular complexity index is 1860. The second kappa shape index (κ2) is 10.3. The van der Waals surface area contributed by atoms with Crippen molar-refractivity contribution in [2.75, 3.05) is 4.90 Å². The number of fused-ring (bicyclic) bond motifs is 9. The van der Waals surface area contributed by atoms with Crippen LogP contribution in [0, 0.1) is 33.5 Å². The van der Waals surface area contributed by atoms with Crippen LogP contribution in [-0.4, -0.2) is 22.0 Å². The average molecular weight is 651 g/mol. The summed E-state index contributed by atoms with van der Waals surface area (Å²) in [5, 5.41) is 1.06. The van der Waals surface area contributed by atoms with E-state index >= 15 is 0 Å². The zero-order valence-corrected chi connectivity index (χ0v) is 25.4. The first-order valence-electron chi connectivity index (χ1n) is 14.4. The molecule has 3 aromatic carbocycles. The molecule has 3 heterocycles. The Morgan fingerprint density at radius 1 is 0.932 bits per heavy atom. The van der Waals surface area contributed by atoms with Crippen molar-refractivity contribution in [3.8, 4) is 5.75 Å². The van der Waals surface area contributed by atoms with Crippen molar-refractivity contribution >= 4 is 52.8 Å². The van der Waals surface area contributed by atoms with E-state index in [4.69, 9.17) is 17.0 Å². The summed E-state index contributed by atoms with van der Waals surface area (Å²) in [6.45, 7) is 0.432. The summed E-state index contributed by atoms with van der Waals surface area (Å²) in [5.41, 5.74) is 1.23. The molecule has 2 saturated carbocycles. The SMILES string of the molecule is O=C1C2C3CC(C2C(=O)N1c1cccc(C(F)(F)F)c1)C1C(c2cccc(OCc4ccccc4)c2)c2sc(=S)[nH]c2SC31. The molecule has 224 valence electrons. The van der Waals surface area contributed by atoms with Gasteiger partial charge in [0.15, 0.2) is 3.95 Å². The first-order chi connectivity index (χ1) is 21.2. The molecule has 7 unspecified atom stereocenters. The first-order valence-corrected chi connectivity index (χ1v) is 16.5. The number of carbonyl (C=O) groups excluding carboxylic acids is 2. The number of aromatic nitrogens is 1. The highest BCUT2D eigenvalue weighted by Crippen LogP contribution is 2.69. The zero-order valence-electron chi connectivity index (χ0n) is 23.0. The quantitative estimate of drug-likeness (QED) is 0.175. The Hall–Kier alpha value is -3.41. The molecule has 4 aliphatic rings. The van der Waals surface area contributed by atoms with Gasteiger partial charge in [-0.15, -0.1) is 23.1 Å². The second-order valence-corrected chi connectivity index (χ2v) is 14.8. The van der Waals surface area contributed by atoms with Gasteiger partial charge in [-0.05, 0) is 77.9 Å². The molecule has 8 rings (SSSR count). The summed E-state index contributed by atoms with van der Waals surface area (Å²) in [7, 11) is 0. The Balaban J connectivity index is 1.15. The summed E-state index contributed by atoms with van der Waals surface area (Å²) < 4.78 is 47.4. The van der Waals surface area contributed by atoms with Gasteiger partial charge < -0.3 is 9.72 Å². The molecule has 11 heteroatoms. The van der Waals surface area contributed by atoms with Crippen LogP contribution in [0.4, 0.5) is 18.9 Å². The van der Waals surface area contributed by atoms with Crippen LogP contribution in [-0.2, 0) is 22.4 Å². The van der Waals surface area contributed by atoms with Gasteiger partial charge in [0, 0.05) is 16.0 Å². The first kappa shape index (κ1) is 28.1. The van der Waals surface area contributed by atoms with E-state index in [2.05, 4.69) is 17.1 Å². The van der Waals surface area contributed by atoms with Crippen LogP contribution < -0.4 is 9.64 Å². The van der Waals surface area contributed by atoms with Crippen molar-refractivity contribution in [2.45, 2.75) is 35.4 Å². The molecule has 0 radical (unpaired) electrons. The molecular formula is C33H25F3N2O3S3. The number of nitrogens with zero attached hydrogens (tertiary/aromatic N) is 1. The van der Waals surface area contributed by atoms with Gasteiger partial charge in [-0.25, -0.2) is 0 Å². The molecule has 1 aromatic heterocycles. The monoisotopic (exact) mass is 650 g/mol. The summed E-state index contributed by atoms with van der Waals surface area (Å²) in [6.07, 6.45) is -3.84. The van der Waals surface area contributed by atoms with Crippen molar-refractivity contribution < 1.29 is 27.5 Å². The molecule has 2 bridgehead atoms. The van der Waals surface area contributed by atoms with Gasteiger partial charge in [0.2, 0.25) is 11.8 Å². The van der Waals surface area contributed by atoms with Crippen LogP contribution in [0.5, 0.6) is 5.75 Å². The van der Waals surface area contributed by atoms with Gasteiger partial charge in [-0.1, -0.05) is 48.5 Å². The van der Waals surface area contributed by atoms with E-state index in [9.17, 15) is 22.8 Å². The maximum absolute atomic E-state index is 14.0. The summed E-state index contributed by atoms with van der Waals surface area (Å²) >= 11 is 8.81. The van der Waals surface area contributed by atoms with Crippen LogP contribution in [0.15, 0.2) is 83.9 Å². The number of rotatable bonds is 5. The lowest BCUT2D eigenvalue weighted by molar-refractivity contribution is -0.137. The Morgan fingerprint density at radius 2 is 1.68 bits per heavy atom. The van der Waals surface area contributed by atoms with Crippen molar-refractivity contribution in [3.05, 3.63) is 104 Å². The van der Waals surface area contributed by atoms with Crippen LogP contribution in [0.25, 0.3) is 0 Å². The fourth-order valence-corrected chi connectivity index (χ4v) is 11.3. The largest absolute Gasteiger partial charge is 0.489 e. The van der Waals surface area contributed by atoms with Crippen molar-refractivity contribution in [3.63, 3.8) is 0 Å². The van der Waals surface area contributed by atoms with Crippen molar-refractivity contribution in [1.29, 1.82) is 0 Å². The van der Waals surface area contributed by atoms with Gasteiger partial charge in [-0.2, -0.15) is 13.2 Å². The zero-order chi connectivity index (χ0) is 30.3. The highest BCUT2D eigenvalue weighted by atomic mass is 32.2. The third kappa shape index (κ3) is 4.38. The molecule has 4 aromatic rings. The molecule has 2 aliphatic heterocycles. The van der Waals surface area contributed by atoms with Gasteiger partial charge in [0.05, 0.1) is 28.1 Å². The van der Waals surface area contributed by atoms with E-state index in [1.165, 1.54) is 12.1 Å². The minimum absolute atomic E-state index is 0.0118. The molecular weight excluding hydrogens is 626 g/mol. The summed E-state index contributed by atoms with van der Waals surface area (Å²) in [6, 6.07) is 22.5. The molecule has 0 spiro atoms. The fraction of sp³-hybridized carbons (Fsp3) is 0.303. The number of H-pyrrole nitrogens is 1. The number of hydrogen-bond donors (Lipinski definition) is 1. The molecule has 2 aliphatic carbocycles. The van der Waals surface area contributed by atoms with E-state index in [0.717, 1.165) is 50.2 Å². The average Bonchev–Trinajstić information content (AvgIpc) is 3.75. The van der Waals surface area contributed by atoms with Gasteiger partial charge in [0.25, 0.3) is 0 Å². The number of alkyl halides is 3. The lowest BCUT2D eigenvalue weighted by Crippen LogP contribution is -2.42. The van der Waals surface area contributed by atoms with Crippen LogP contribution >= 0.6 is 35.3 Å². The predicted molar refractivity (Wildman–Crippen MR) is 164 cm³/mol. The Morgan fingerprint density at radius 3 is 2.45 bits per heavy atom. The number of thioether (sulfide) groups is 1. The minimum Gasteiger partial charge on any atom is -0.489 e. The third-order valence-electron chi connectivity index (χ3n) is 9.62. The second-order valence-electron chi connectivity index (χ2n) is 11.9. The number of benzene rings is 3. The molecule has 1 saturated heterocycles. The van der Waals surface area contributed by atoms with Crippen molar-refractivity contribution in [1.82, 2.24) is 4.98 Å². The number of amides is 2. The summed E-state index contributed by atoms with van der Waals surface area (Å²) in [4.78, 5) is 33.3. The lowest BCUT2D eigenvalue weighted by atomic mass is 9.68. The molecule has 1 N–H and O–H groups in total.